The molecule has 0 aliphatic carbocycles. The lowest BCUT2D eigenvalue weighted by Crippen LogP contribution is -2.39. The number of hydrogen-bond acceptors (Lipinski definition) is 2. The van der Waals surface area contributed by atoms with Crippen molar-refractivity contribution in [3.05, 3.63) is 29.6 Å². The normalized spacial score (nSPS) is 27.0. The Morgan fingerprint density at radius 3 is 2.62 bits per heavy atom. The van der Waals surface area contributed by atoms with Crippen LogP contribution in [0, 0.1) is 18.7 Å². The van der Waals surface area contributed by atoms with Crippen LogP contribution in [0.1, 0.15) is 37.7 Å². The van der Waals surface area contributed by atoms with Crippen molar-refractivity contribution >= 4 is 24.0 Å². The highest BCUT2D eigenvalue weighted by molar-refractivity contribution is 5.91. The van der Waals surface area contributed by atoms with Gasteiger partial charge in [0, 0.05) is 24.2 Å². The van der Waals surface area contributed by atoms with E-state index in [4.69, 9.17) is 0 Å². The van der Waals surface area contributed by atoms with Gasteiger partial charge in [-0.15, -0.1) is 12.4 Å². The maximum atomic E-state index is 13.0. The highest BCUT2D eigenvalue weighted by Crippen LogP contribution is 2.32. The largest absolute Gasteiger partial charge is 0.326 e. The fourth-order valence-electron chi connectivity index (χ4n) is 3.57. The first kappa shape index (κ1) is 16.2. The van der Waals surface area contributed by atoms with Crippen LogP contribution in [0.2, 0.25) is 0 Å². The van der Waals surface area contributed by atoms with Gasteiger partial charge in [0.25, 0.3) is 0 Å². The molecule has 0 spiro atoms. The summed E-state index contributed by atoms with van der Waals surface area (Å²) in [6.07, 6.45) is 5.28. The van der Waals surface area contributed by atoms with Crippen LogP contribution in [0.15, 0.2) is 18.2 Å². The number of fused-ring (bicyclic) bond motifs is 2. The lowest BCUT2D eigenvalue weighted by Gasteiger charge is -2.28. The molecule has 2 saturated heterocycles. The van der Waals surface area contributed by atoms with E-state index in [1.807, 2.05) is 6.92 Å². The average molecular weight is 313 g/mol. The minimum Gasteiger partial charge on any atom is -0.326 e. The van der Waals surface area contributed by atoms with Crippen LogP contribution in [0.3, 0.4) is 0 Å². The summed E-state index contributed by atoms with van der Waals surface area (Å²) in [4.78, 5) is 12.1. The van der Waals surface area contributed by atoms with Crippen LogP contribution >= 0.6 is 12.4 Å². The lowest BCUT2D eigenvalue weighted by molar-refractivity contribution is -0.117. The molecular formula is C16H22ClFN2O. The average Bonchev–Trinajstić information content (AvgIpc) is 2.72. The maximum absolute atomic E-state index is 13.0. The number of piperidine rings is 1. The molecular weight excluding hydrogens is 291 g/mol. The van der Waals surface area contributed by atoms with Gasteiger partial charge in [-0.3, -0.25) is 4.79 Å². The number of carbonyl (C=O) groups excluding carboxylic acids is 1. The van der Waals surface area contributed by atoms with Crippen molar-refractivity contribution in [2.24, 2.45) is 5.92 Å². The Morgan fingerprint density at radius 1 is 1.33 bits per heavy atom. The second-order valence-corrected chi connectivity index (χ2v) is 6.19. The van der Waals surface area contributed by atoms with E-state index >= 15 is 0 Å². The number of carbonyl (C=O) groups is 1. The highest BCUT2D eigenvalue weighted by Gasteiger charge is 2.34. The van der Waals surface area contributed by atoms with Crippen LogP contribution in [0.25, 0.3) is 0 Å². The number of anilines is 1. The van der Waals surface area contributed by atoms with Gasteiger partial charge in [-0.1, -0.05) is 0 Å². The molecule has 1 aromatic rings. The third-order valence-corrected chi connectivity index (χ3v) is 4.51. The number of rotatable bonds is 3. The molecule has 5 heteroatoms. The van der Waals surface area contributed by atoms with Crippen molar-refractivity contribution in [2.75, 3.05) is 5.32 Å². The molecule has 3 rings (SSSR count). The van der Waals surface area contributed by atoms with E-state index < -0.39 is 0 Å². The SMILES string of the molecule is Cc1cc(F)ccc1NC(=O)CC1CC2CCC(C1)N2.Cl. The van der Waals surface area contributed by atoms with Crippen LogP contribution < -0.4 is 10.6 Å². The van der Waals surface area contributed by atoms with E-state index in [1.165, 1.54) is 25.0 Å². The minimum atomic E-state index is -0.268. The van der Waals surface area contributed by atoms with Crippen molar-refractivity contribution in [1.82, 2.24) is 5.32 Å². The Bertz CT molecular complexity index is 511. The summed E-state index contributed by atoms with van der Waals surface area (Å²) in [6.45, 7) is 1.81. The predicted molar refractivity (Wildman–Crippen MR) is 84.3 cm³/mol. The topological polar surface area (TPSA) is 41.1 Å². The molecule has 2 aliphatic rings. The molecule has 2 fully saturated rings. The van der Waals surface area contributed by atoms with Gasteiger partial charge in [0.05, 0.1) is 0 Å². The van der Waals surface area contributed by atoms with Gasteiger partial charge in [-0.25, -0.2) is 4.39 Å². The monoisotopic (exact) mass is 312 g/mol. The highest BCUT2D eigenvalue weighted by atomic mass is 35.5. The van der Waals surface area contributed by atoms with Crippen LogP contribution in [-0.4, -0.2) is 18.0 Å². The van der Waals surface area contributed by atoms with Gasteiger partial charge in [-0.05, 0) is 62.3 Å². The van der Waals surface area contributed by atoms with E-state index in [0.717, 1.165) is 18.4 Å². The quantitative estimate of drug-likeness (QED) is 0.898. The lowest BCUT2D eigenvalue weighted by atomic mass is 9.89. The number of amides is 1. The zero-order chi connectivity index (χ0) is 14.1. The van der Waals surface area contributed by atoms with E-state index in [9.17, 15) is 9.18 Å². The molecule has 0 aromatic heterocycles. The molecule has 0 saturated carbocycles. The Hall–Kier alpha value is -1.13. The zero-order valence-corrected chi connectivity index (χ0v) is 13.0. The molecule has 3 nitrogen and oxygen atoms in total. The fraction of sp³-hybridized carbons (Fsp3) is 0.562. The molecule has 2 heterocycles. The first-order chi connectivity index (χ1) is 9.60. The Balaban J connectivity index is 0.00000161. The number of halogens is 2. The first-order valence-electron chi connectivity index (χ1n) is 7.42. The molecule has 1 aromatic carbocycles. The van der Waals surface area contributed by atoms with E-state index in [0.29, 0.717) is 30.1 Å². The van der Waals surface area contributed by atoms with Gasteiger partial charge >= 0.3 is 0 Å². The smallest absolute Gasteiger partial charge is 0.224 e. The second-order valence-electron chi connectivity index (χ2n) is 6.19. The summed E-state index contributed by atoms with van der Waals surface area (Å²) in [7, 11) is 0. The Kier molecular flexibility index (Phi) is 5.22. The van der Waals surface area contributed by atoms with Crippen molar-refractivity contribution in [1.29, 1.82) is 0 Å². The molecule has 116 valence electrons. The van der Waals surface area contributed by atoms with Crippen molar-refractivity contribution in [2.45, 2.75) is 51.1 Å². The molecule has 2 unspecified atom stereocenters. The molecule has 0 radical (unpaired) electrons. The van der Waals surface area contributed by atoms with Gasteiger partial charge in [-0.2, -0.15) is 0 Å². The van der Waals surface area contributed by atoms with E-state index in [-0.39, 0.29) is 24.1 Å². The number of hydrogen-bond donors (Lipinski definition) is 2. The van der Waals surface area contributed by atoms with Gasteiger partial charge in [0.1, 0.15) is 5.82 Å². The third kappa shape index (κ3) is 3.95. The van der Waals surface area contributed by atoms with Crippen LogP contribution in [0.5, 0.6) is 0 Å². The van der Waals surface area contributed by atoms with E-state index in [2.05, 4.69) is 10.6 Å². The Labute approximate surface area is 131 Å². The van der Waals surface area contributed by atoms with Gasteiger partial charge in [0.2, 0.25) is 5.91 Å². The fourth-order valence-corrected chi connectivity index (χ4v) is 3.57. The number of benzene rings is 1. The van der Waals surface area contributed by atoms with Gasteiger partial charge < -0.3 is 10.6 Å². The van der Waals surface area contributed by atoms with Crippen LogP contribution in [0.4, 0.5) is 10.1 Å². The second kappa shape index (κ2) is 6.75. The molecule has 21 heavy (non-hydrogen) atoms. The van der Waals surface area contributed by atoms with Crippen molar-refractivity contribution < 1.29 is 9.18 Å². The summed E-state index contributed by atoms with van der Waals surface area (Å²) >= 11 is 0. The molecule has 1 amide bonds. The summed E-state index contributed by atoms with van der Waals surface area (Å²) < 4.78 is 13.0. The summed E-state index contributed by atoms with van der Waals surface area (Å²) in [5.41, 5.74) is 1.48. The summed E-state index contributed by atoms with van der Waals surface area (Å²) in [5, 5.41) is 6.49. The van der Waals surface area contributed by atoms with Crippen LogP contribution in [-0.2, 0) is 4.79 Å². The Morgan fingerprint density at radius 2 is 2.00 bits per heavy atom. The molecule has 2 bridgehead atoms. The van der Waals surface area contributed by atoms with Crippen molar-refractivity contribution in [3.63, 3.8) is 0 Å². The summed E-state index contributed by atoms with van der Waals surface area (Å²) in [6, 6.07) is 5.68. The first-order valence-corrected chi connectivity index (χ1v) is 7.42. The summed E-state index contributed by atoms with van der Waals surface area (Å²) in [5.74, 6) is 0.260. The standard InChI is InChI=1S/C16H21FN2O.ClH/c1-10-6-12(17)2-5-15(10)19-16(20)9-11-7-13-3-4-14(8-11)18-13;/h2,5-6,11,13-14,18H,3-4,7-9H2,1H3,(H,19,20);1H. The van der Waals surface area contributed by atoms with Crippen molar-refractivity contribution in [3.8, 4) is 0 Å². The predicted octanol–water partition coefficient (Wildman–Crippen LogP) is 3.42. The third-order valence-electron chi connectivity index (χ3n) is 4.51. The number of nitrogens with one attached hydrogen (secondary N) is 2. The van der Waals surface area contributed by atoms with Gasteiger partial charge in [0.15, 0.2) is 0 Å². The minimum absolute atomic E-state index is 0. The number of aryl methyl sites for hydroxylation is 1. The molecule has 2 N–H and O–H groups in total. The van der Waals surface area contributed by atoms with E-state index in [1.54, 1.807) is 6.07 Å². The molecule has 2 aliphatic heterocycles. The molecule has 2 atom stereocenters. The zero-order valence-electron chi connectivity index (χ0n) is 12.2. The maximum Gasteiger partial charge on any atom is 0.224 e.